The summed E-state index contributed by atoms with van der Waals surface area (Å²) < 4.78 is 1.82. The van der Waals surface area contributed by atoms with Gasteiger partial charge in [0.25, 0.3) is 5.56 Å². The van der Waals surface area contributed by atoms with E-state index in [4.69, 9.17) is 4.98 Å². The molecule has 186 valence electrons. The van der Waals surface area contributed by atoms with Gasteiger partial charge >= 0.3 is 0 Å². The topological polar surface area (TPSA) is 70.5 Å². The second kappa shape index (κ2) is 11.5. The van der Waals surface area contributed by atoms with Crippen molar-refractivity contribution >= 4 is 22.8 Å². The van der Waals surface area contributed by atoms with Crippen molar-refractivity contribution in [1.29, 1.82) is 0 Å². The van der Waals surface area contributed by atoms with Gasteiger partial charge in [-0.05, 0) is 50.6 Å². The number of benzene rings is 2. The molecule has 0 saturated carbocycles. The lowest BCUT2D eigenvalue weighted by atomic mass is 9.97. The summed E-state index contributed by atoms with van der Waals surface area (Å²) in [7, 11) is 0. The van der Waals surface area contributed by atoms with Crippen LogP contribution in [-0.2, 0) is 11.3 Å². The van der Waals surface area contributed by atoms with Crippen LogP contribution in [0, 0.1) is 12.8 Å². The molecule has 3 aromatic rings. The number of para-hydroxylation sites is 2. The number of anilines is 1. The van der Waals surface area contributed by atoms with E-state index in [1.807, 2.05) is 33.7 Å². The van der Waals surface area contributed by atoms with Crippen molar-refractivity contribution in [3.05, 3.63) is 70.0 Å². The molecule has 35 heavy (non-hydrogen) atoms. The number of rotatable bonds is 9. The summed E-state index contributed by atoms with van der Waals surface area (Å²) in [5.41, 5.74) is 3.77. The van der Waals surface area contributed by atoms with E-state index in [-0.39, 0.29) is 17.4 Å². The fourth-order valence-electron chi connectivity index (χ4n) is 4.82. The van der Waals surface area contributed by atoms with Crippen molar-refractivity contribution in [2.45, 2.75) is 40.2 Å². The van der Waals surface area contributed by atoms with Crippen LogP contribution in [0.25, 0.3) is 11.0 Å². The quantitative estimate of drug-likeness (QED) is 0.514. The molecule has 0 spiro atoms. The molecule has 1 aliphatic rings. The second-order valence-corrected chi connectivity index (χ2v) is 9.40. The third-order valence-corrected chi connectivity index (χ3v) is 7.01. The maximum Gasteiger partial charge on any atom is 0.294 e. The van der Waals surface area contributed by atoms with E-state index in [0.29, 0.717) is 25.5 Å². The highest BCUT2D eigenvalue weighted by Crippen LogP contribution is 2.22. The van der Waals surface area contributed by atoms with E-state index >= 15 is 0 Å². The number of nitrogens with one attached hydrogen (secondary N) is 1. The Morgan fingerprint density at radius 2 is 1.86 bits per heavy atom. The van der Waals surface area contributed by atoms with E-state index in [1.54, 1.807) is 0 Å². The van der Waals surface area contributed by atoms with Crippen LogP contribution in [0.4, 0.5) is 5.82 Å². The predicted molar refractivity (Wildman–Crippen MR) is 142 cm³/mol. The average molecular weight is 476 g/mol. The van der Waals surface area contributed by atoms with E-state index < -0.39 is 0 Å². The monoisotopic (exact) mass is 475 g/mol. The Morgan fingerprint density at radius 1 is 1.11 bits per heavy atom. The fraction of sp³-hybridized carbons (Fsp3) is 0.464. The number of piperidine rings is 1. The van der Waals surface area contributed by atoms with Crippen molar-refractivity contribution in [3.63, 3.8) is 0 Å². The predicted octanol–water partition coefficient (Wildman–Crippen LogP) is 3.43. The number of aryl methyl sites for hydroxylation is 1. The smallest absolute Gasteiger partial charge is 0.294 e. The Labute approximate surface area is 207 Å². The van der Waals surface area contributed by atoms with Crippen molar-refractivity contribution in [3.8, 4) is 0 Å². The lowest BCUT2D eigenvalue weighted by molar-refractivity contribution is -0.125. The summed E-state index contributed by atoms with van der Waals surface area (Å²) in [5.74, 6) is 0.373. The number of amides is 1. The van der Waals surface area contributed by atoms with Gasteiger partial charge in [-0.3, -0.25) is 14.2 Å². The van der Waals surface area contributed by atoms with Crippen LogP contribution in [0.15, 0.2) is 53.3 Å². The molecule has 4 rings (SSSR count). The molecule has 7 nitrogen and oxygen atoms in total. The number of nitrogens with zero attached hydrogens (tertiary/aromatic N) is 4. The molecule has 2 aromatic carbocycles. The highest BCUT2D eigenvalue weighted by Gasteiger charge is 2.28. The number of likely N-dealkylation sites (N-methyl/N-ethyl adjacent to an activating group) is 1. The molecule has 2 heterocycles. The van der Waals surface area contributed by atoms with Gasteiger partial charge in [0.2, 0.25) is 5.91 Å². The van der Waals surface area contributed by atoms with Crippen LogP contribution in [0.3, 0.4) is 0 Å². The van der Waals surface area contributed by atoms with Gasteiger partial charge in [-0.1, -0.05) is 55.8 Å². The summed E-state index contributed by atoms with van der Waals surface area (Å²) in [6.07, 6.45) is 1.69. The SMILES string of the molecule is CCN(CC)CCNC(=O)C1CCCN(c2nc3ccccc3n(Cc3ccc(C)cc3)c2=O)C1. The van der Waals surface area contributed by atoms with Gasteiger partial charge in [-0.15, -0.1) is 0 Å². The highest BCUT2D eigenvalue weighted by molar-refractivity contribution is 5.80. The Kier molecular flexibility index (Phi) is 8.18. The molecule has 7 heteroatoms. The average Bonchev–Trinajstić information content (AvgIpc) is 2.89. The number of carbonyl (C=O) groups excluding carboxylic acids is 1. The molecule has 1 N–H and O–H groups in total. The van der Waals surface area contributed by atoms with Gasteiger partial charge in [0.1, 0.15) is 0 Å². The molecule has 1 fully saturated rings. The molecule has 1 aliphatic heterocycles. The summed E-state index contributed by atoms with van der Waals surface area (Å²) in [5, 5.41) is 3.11. The lowest BCUT2D eigenvalue weighted by Crippen LogP contribution is -2.46. The molecule has 0 radical (unpaired) electrons. The minimum Gasteiger partial charge on any atom is -0.355 e. The first-order valence-corrected chi connectivity index (χ1v) is 12.8. The molecule has 1 saturated heterocycles. The fourth-order valence-corrected chi connectivity index (χ4v) is 4.82. The maximum absolute atomic E-state index is 13.7. The molecule has 1 unspecified atom stereocenters. The zero-order chi connectivity index (χ0) is 24.8. The Morgan fingerprint density at radius 3 is 2.60 bits per heavy atom. The number of aromatic nitrogens is 2. The maximum atomic E-state index is 13.7. The molecule has 1 aromatic heterocycles. The van der Waals surface area contributed by atoms with Gasteiger partial charge in [0.15, 0.2) is 5.82 Å². The Hall–Kier alpha value is -3.19. The summed E-state index contributed by atoms with van der Waals surface area (Å²) in [6.45, 7) is 11.5. The van der Waals surface area contributed by atoms with Crippen LogP contribution in [0.1, 0.15) is 37.8 Å². The van der Waals surface area contributed by atoms with Crippen LogP contribution in [0.2, 0.25) is 0 Å². The largest absolute Gasteiger partial charge is 0.355 e. The molecule has 1 amide bonds. The Balaban J connectivity index is 1.56. The summed E-state index contributed by atoms with van der Waals surface area (Å²) in [4.78, 5) is 35.7. The summed E-state index contributed by atoms with van der Waals surface area (Å²) >= 11 is 0. The number of hydrogen-bond donors (Lipinski definition) is 1. The van der Waals surface area contributed by atoms with Gasteiger partial charge in [0.05, 0.1) is 23.5 Å². The van der Waals surface area contributed by atoms with Crippen LogP contribution in [-0.4, -0.2) is 59.6 Å². The first kappa shape index (κ1) is 24.9. The van der Waals surface area contributed by atoms with Crippen LogP contribution in [0.5, 0.6) is 0 Å². The van der Waals surface area contributed by atoms with E-state index in [1.165, 1.54) is 5.56 Å². The van der Waals surface area contributed by atoms with Gasteiger partial charge in [0, 0.05) is 26.2 Å². The second-order valence-electron chi connectivity index (χ2n) is 9.40. The molecular weight excluding hydrogens is 438 g/mol. The molecule has 0 aliphatic carbocycles. The van der Waals surface area contributed by atoms with Crippen LogP contribution < -0.4 is 15.8 Å². The summed E-state index contributed by atoms with van der Waals surface area (Å²) in [6, 6.07) is 16.1. The van der Waals surface area contributed by atoms with Crippen molar-refractivity contribution in [2.24, 2.45) is 5.92 Å². The standard InChI is InChI=1S/C28H37N5O2/c1-4-31(5-2)18-16-29-27(34)23-9-8-17-32(20-23)26-28(35)33(19-22-14-12-21(3)13-15-22)25-11-7-6-10-24(25)30-26/h6-7,10-15,23H,4-5,8-9,16-20H2,1-3H3,(H,29,34). The van der Waals surface area contributed by atoms with Crippen molar-refractivity contribution in [1.82, 2.24) is 19.8 Å². The first-order valence-electron chi connectivity index (χ1n) is 12.8. The molecular formula is C28H37N5O2. The van der Waals surface area contributed by atoms with Crippen LogP contribution >= 0.6 is 0 Å². The van der Waals surface area contributed by atoms with Gasteiger partial charge < -0.3 is 15.1 Å². The highest BCUT2D eigenvalue weighted by atomic mass is 16.2. The zero-order valence-electron chi connectivity index (χ0n) is 21.2. The number of fused-ring (bicyclic) bond motifs is 1. The van der Waals surface area contributed by atoms with Gasteiger partial charge in [-0.25, -0.2) is 4.98 Å². The number of hydrogen-bond acceptors (Lipinski definition) is 5. The third kappa shape index (κ3) is 5.90. The van der Waals surface area contributed by atoms with Crippen molar-refractivity contribution < 1.29 is 4.79 Å². The Bertz CT molecular complexity index is 1200. The van der Waals surface area contributed by atoms with Crippen molar-refractivity contribution in [2.75, 3.05) is 44.2 Å². The van der Waals surface area contributed by atoms with E-state index in [0.717, 1.165) is 55.6 Å². The molecule has 0 bridgehead atoms. The number of carbonyl (C=O) groups is 1. The van der Waals surface area contributed by atoms with E-state index in [9.17, 15) is 9.59 Å². The minimum absolute atomic E-state index is 0.0719. The third-order valence-electron chi connectivity index (χ3n) is 7.01. The first-order chi connectivity index (χ1) is 17.0. The van der Waals surface area contributed by atoms with E-state index in [2.05, 4.69) is 55.3 Å². The minimum atomic E-state index is -0.140. The van der Waals surface area contributed by atoms with Gasteiger partial charge in [-0.2, -0.15) is 0 Å². The lowest BCUT2D eigenvalue weighted by Gasteiger charge is -2.33. The normalized spacial score (nSPS) is 16.1. The zero-order valence-corrected chi connectivity index (χ0v) is 21.2. The molecule has 1 atom stereocenters.